The van der Waals surface area contributed by atoms with Crippen LogP contribution in [-0.4, -0.2) is 17.7 Å². The van der Waals surface area contributed by atoms with Crippen molar-refractivity contribution in [3.05, 3.63) is 65.2 Å². The van der Waals surface area contributed by atoms with Crippen LogP contribution in [0.5, 0.6) is 0 Å². The zero-order valence-corrected chi connectivity index (χ0v) is 14.4. The number of benzene rings is 2. The Morgan fingerprint density at radius 2 is 1.60 bits per heavy atom. The minimum Gasteiger partial charge on any atom is -0.321 e. The van der Waals surface area contributed by atoms with Crippen molar-refractivity contribution in [2.24, 2.45) is 5.92 Å². The lowest BCUT2D eigenvalue weighted by atomic mass is 10.1. The largest absolute Gasteiger partial charge is 0.321 e. The van der Waals surface area contributed by atoms with E-state index < -0.39 is 5.91 Å². The summed E-state index contributed by atoms with van der Waals surface area (Å²) in [5.74, 6) is -1.37. The third-order valence-corrected chi connectivity index (χ3v) is 3.52. The molecule has 0 aliphatic carbocycles. The number of carbonyl (C=O) groups is 3. The van der Waals surface area contributed by atoms with Gasteiger partial charge in [0.15, 0.2) is 0 Å². The van der Waals surface area contributed by atoms with Gasteiger partial charge in [-0.1, -0.05) is 43.7 Å². The first-order valence-corrected chi connectivity index (χ1v) is 7.95. The van der Waals surface area contributed by atoms with Crippen LogP contribution >= 0.6 is 0 Å². The fourth-order valence-corrected chi connectivity index (χ4v) is 2.10. The molecule has 3 N–H and O–H groups in total. The van der Waals surface area contributed by atoms with Gasteiger partial charge in [-0.25, -0.2) is 0 Å². The van der Waals surface area contributed by atoms with Crippen LogP contribution < -0.4 is 16.2 Å². The van der Waals surface area contributed by atoms with Crippen LogP contribution in [0.1, 0.15) is 40.1 Å². The first-order chi connectivity index (χ1) is 11.9. The third kappa shape index (κ3) is 4.91. The summed E-state index contributed by atoms with van der Waals surface area (Å²) in [5.41, 5.74) is 6.80. The van der Waals surface area contributed by atoms with Crippen molar-refractivity contribution >= 4 is 23.4 Å². The van der Waals surface area contributed by atoms with Crippen molar-refractivity contribution < 1.29 is 14.4 Å². The summed E-state index contributed by atoms with van der Waals surface area (Å²) in [4.78, 5) is 36.2. The molecule has 0 aromatic heterocycles. The molecule has 25 heavy (non-hydrogen) atoms. The van der Waals surface area contributed by atoms with Gasteiger partial charge in [-0.15, -0.1) is 0 Å². The van der Waals surface area contributed by atoms with Crippen molar-refractivity contribution in [3.8, 4) is 0 Å². The monoisotopic (exact) mass is 339 g/mol. The van der Waals surface area contributed by atoms with E-state index in [0.717, 1.165) is 5.56 Å². The molecule has 0 aliphatic heterocycles. The molecule has 0 unspecified atom stereocenters. The van der Waals surface area contributed by atoms with Gasteiger partial charge in [-0.05, 0) is 31.2 Å². The molecule has 0 bridgehead atoms. The maximum Gasteiger partial charge on any atom is 0.271 e. The van der Waals surface area contributed by atoms with E-state index in [1.165, 1.54) is 0 Å². The minimum atomic E-state index is -0.505. The maximum atomic E-state index is 12.4. The van der Waals surface area contributed by atoms with E-state index in [9.17, 15) is 14.4 Å². The maximum absolute atomic E-state index is 12.4. The molecule has 130 valence electrons. The molecular formula is C19H21N3O3. The zero-order chi connectivity index (χ0) is 18.4. The van der Waals surface area contributed by atoms with Crippen molar-refractivity contribution in [1.82, 2.24) is 10.9 Å². The summed E-state index contributed by atoms with van der Waals surface area (Å²) in [6.07, 6.45) is 0. The van der Waals surface area contributed by atoms with Crippen molar-refractivity contribution in [3.63, 3.8) is 0 Å². The van der Waals surface area contributed by atoms with Crippen molar-refractivity contribution in [2.75, 3.05) is 5.32 Å². The molecule has 0 heterocycles. The number of nitrogens with one attached hydrogen (secondary N) is 3. The normalized spacial score (nSPS) is 10.2. The highest BCUT2D eigenvalue weighted by Crippen LogP contribution is 2.16. The van der Waals surface area contributed by atoms with Crippen LogP contribution in [-0.2, 0) is 4.79 Å². The number of rotatable bonds is 4. The highest BCUT2D eigenvalue weighted by Gasteiger charge is 2.15. The molecule has 0 radical (unpaired) electrons. The summed E-state index contributed by atoms with van der Waals surface area (Å²) in [7, 11) is 0. The molecule has 2 rings (SSSR count). The van der Waals surface area contributed by atoms with Gasteiger partial charge in [0.1, 0.15) is 0 Å². The van der Waals surface area contributed by atoms with Crippen LogP contribution in [0.4, 0.5) is 5.69 Å². The Kier molecular flexibility index (Phi) is 5.89. The second-order valence-corrected chi connectivity index (χ2v) is 5.97. The van der Waals surface area contributed by atoms with Gasteiger partial charge in [-0.2, -0.15) is 0 Å². The van der Waals surface area contributed by atoms with E-state index in [-0.39, 0.29) is 23.3 Å². The summed E-state index contributed by atoms with van der Waals surface area (Å²) in [6, 6.07) is 13.8. The minimum absolute atomic E-state index is 0.253. The Morgan fingerprint density at radius 1 is 0.880 bits per heavy atom. The molecule has 0 spiro atoms. The van der Waals surface area contributed by atoms with Crippen LogP contribution in [0.25, 0.3) is 0 Å². The molecule has 0 saturated carbocycles. The fourth-order valence-electron chi connectivity index (χ4n) is 2.10. The van der Waals surface area contributed by atoms with Gasteiger partial charge in [-0.3, -0.25) is 25.2 Å². The molecule has 6 nitrogen and oxygen atoms in total. The molecule has 0 atom stereocenters. The Bertz CT molecular complexity index is 800. The number of anilines is 1. The summed E-state index contributed by atoms with van der Waals surface area (Å²) in [6.45, 7) is 5.34. The average molecular weight is 339 g/mol. The zero-order valence-electron chi connectivity index (χ0n) is 14.4. The molecule has 6 heteroatoms. The average Bonchev–Trinajstić information content (AvgIpc) is 2.59. The number of aryl methyl sites for hydroxylation is 1. The predicted molar refractivity (Wildman–Crippen MR) is 96.0 cm³/mol. The first kappa shape index (κ1) is 18.2. The molecule has 0 fully saturated rings. The Morgan fingerprint density at radius 3 is 2.28 bits per heavy atom. The summed E-state index contributed by atoms with van der Waals surface area (Å²) in [5, 5.41) is 2.73. The van der Waals surface area contributed by atoms with Crippen LogP contribution in [0.2, 0.25) is 0 Å². The van der Waals surface area contributed by atoms with E-state index in [1.54, 1.807) is 56.3 Å². The van der Waals surface area contributed by atoms with Crippen LogP contribution in [0.3, 0.4) is 0 Å². The van der Waals surface area contributed by atoms with E-state index in [2.05, 4.69) is 16.2 Å². The summed E-state index contributed by atoms with van der Waals surface area (Å²) >= 11 is 0. The Balaban J connectivity index is 2.13. The van der Waals surface area contributed by atoms with Crippen LogP contribution in [0, 0.1) is 12.8 Å². The molecule has 2 aromatic carbocycles. The van der Waals surface area contributed by atoms with E-state index in [0.29, 0.717) is 11.3 Å². The highest BCUT2D eigenvalue weighted by molar-refractivity contribution is 6.09. The van der Waals surface area contributed by atoms with Crippen molar-refractivity contribution in [2.45, 2.75) is 20.8 Å². The van der Waals surface area contributed by atoms with E-state index >= 15 is 0 Å². The van der Waals surface area contributed by atoms with Gasteiger partial charge < -0.3 is 5.32 Å². The van der Waals surface area contributed by atoms with Gasteiger partial charge in [0.05, 0.1) is 11.3 Å². The number of hydrogen-bond acceptors (Lipinski definition) is 3. The lowest BCUT2D eigenvalue weighted by molar-refractivity contribution is -0.124. The SMILES string of the molecule is Cc1cccc(C(=O)Nc2ccccc2C(=O)NNC(=O)C(C)C)c1. The highest BCUT2D eigenvalue weighted by atomic mass is 16.2. The van der Waals surface area contributed by atoms with Gasteiger partial charge in [0, 0.05) is 11.5 Å². The fraction of sp³-hybridized carbons (Fsp3) is 0.211. The quantitative estimate of drug-likeness (QED) is 0.748. The lowest BCUT2D eigenvalue weighted by Gasteiger charge is -2.13. The number of hydrazine groups is 1. The third-order valence-electron chi connectivity index (χ3n) is 3.52. The van der Waals surface area contributed by atoms with Crippen LogP contribution in [0.15, 0.2) is 48.5 Å². The summed E-state index contributed by atoms with van der Waals surface area (Å²) < 4.78 is 0. The van der Waals surface area contributed by atoms with Gasteiger partial charge in [0.25, 0.3) is 11.8 Å². The predicted octanol–water partition coefficient (Wildman–Crippen LogP) is 2.66. The molecule has 2 aromatic rings. The molecule has 3 amide bonds. The number of amides is 3. The number of hydrogen-bond donors (Lipinski definition) is 3. The standard InChI is InChI=1S/C19H21N3O3/c1-12(2)17(23)21-22-19(25)15-9-4-5-10-16(15)20-18(24)14-8-6-7-13(3)11-14/h4-12H,1-3H3,(H,20,24)(H,21,23)(H,22,25). The topological polar surface area (TPSA) is 87.3 Å². The van der Waals surface area contributed by atoms with Crippen molar-refractivity contribution in [1.29, 1.82) is 0 Å². The first-order valence-electron chi connectivity index (χ1n) is 7.95. The smallest absolute Gasteiger partial charge is 0.271 e. The van der Waals surface area contributed by atoms with E-state index in [1.807, 2.05) is 13.0 Å². The molecule has 0 aliphatic rings. The van der Waals surface area contributed by atoms with Gasteiger partial charge >= 0.3 is 0 Å². The lowest BCUT2D eigenvalue weighted by Crippen LogP contribution is -2.43. The number of para-hydroxylation sites is 1. The second kappa shape index (κ2) is 8.10. The molecular weight excluding hydrogens is 318 g/mol. The Labute approximate surface area is 146 Å². The molecule has 0 saturated heterocycles. The second-order valence-electron chi connectivity index (χ2n) is 5.97. The van der Waals surface area contributed by atoms with E-state index in [4.69, 9.17) is 0 Å². The van der Waals surface area contributed by atoms with Gasteiger partial charge in [0.2, 0.25) is 5.91 Å². The number of carbonyl (C=O) groups excluding carboxylic acids is 3. The Hall–Kier alpha value is -3.15.